The van der Waals surface area contributed by atoms with Gasteiger partial charge in [-0.15, -0.1) is 0 Å². The van der Waals surface area contributed by atoms with Gasteiger partial charge in [0.2, 0.25) is 0 Å². The topological polar surface area (TPSA) is 102 Å². The predicted molar refractivity (Wildman–Crippen MR) is 135 cm³/mol. The Kier molecular flexibility index (Phi) is 5.91. The highest BCUT2D eigenvalue weighted by Gasteiger charge is 2.34. The van der Waals surface area contributed by atoms with Gasteiger partial charge in [0, 0.05) is 5.39 Å². The van der Waals surface area contributed by atoms with Crippen molar-refractivity contribution in [3.63, 3.8) is 0 Å². The molecule has 0 bridgehead atoms. The summed E-state index contributed by atoms with van der Waals surface area (Å²) in [7, 11) is -2.81. The summed E-state index contributed by atoms with van der Waals surface area (Å²) in [6.45, 7) is 0. The molecule has 0 atom stereocenters. The number of hydrazine groups is 1. The lowest BCUT2D eigenvalue weighted by Crippen LogP contribution is -2.35. The Morgan fingerprint density at radius 1 is 0.833 bits per heavy atom. The van der Waals surface area contributed by atoms with E-state index in [1.807, 2.05) is 18.2 Å². The molecular formula is C27H20N2O6S. The fraction of sp³-hybridized carbons (Fsp3) is 0.0370. The number of nitrogens with zero attached hydrogens (tertiary/aromatic N) is 1. The van der Waals surface area contributed by atoms with Crippen LogP contribution in [-0.4, -0.2) is 27.3 Å². The van der Waals surface area contributed by atoms with Crippen LogP contribution in [0.25, 0.3) is 16.8 Å². The highest BCUT2D eigenvalue weighted by atomic mass is 32.2. The predicted octanol–water partition coefficient (Wildman–Crippen LogP) is 4.08. The van der Waals surface area contributed by atoms with Gasteiger partial charge < -0.3 is 8.92 Å². The van der Waals surface area contributed by atoms with Gasteiger partial charge in [-0.05, 0) is 47.4 Å². The minimum Gasteiger partial charge on any atom is -0.493 e. The van der Waals surface area contributed by atoms with Gasteiger partial charge in [0.1, 0.15) is 10.5 Å². The van der Waals surface area contributed by atoms with Crippen molar-refractivity contribution in [2.45, 2.75) is 4.90 Å². The SMILES string of the molecule is COc1cc(/C=C2\C(=O)NN(c3ccccc3)C2=O)ccc1OS(=O)(=O)c1cccc2ccccc12. The third-order valence-electron chi connectivity index (χ3n) is 5.62. The number of para-hydroxylation sites is 1. The van der Waals surface area contributed by atoms with Gasteiger partial charge in [0.15, 0.2) is 11.5 Å². The first kappa shape index (κ1) is 23.1. The van der Waals surface area contributed by atoms with Gasteiger partial charge in [-0.25, -0.2) is 5.01 Å². The number of hydrogen-bond acceptors (Lipinski definition) is 6. The van der Waals surface area contributed by atoms with Crippen molar-refractivity contribution in [3.8, 4) is 11.5 Å². The fourth-order valence-corrected chi connectivity index (χ4v) is 5.07. The van der Waals surface area contributed by atoms with Gasteiger partial charge in [-0.3, -0.25) is 15.0 Å². The van der Waals surface area contributed by atoms with Gasteiger partial charge in [0.05, 0.1) is 12.8 Å². The van der Waals surface area contributed by atoms with Crippen molar-refractivity contribution >= 4 is 44.5 Å². The van der Waals surface area contributed by atoms with Crippen LogP contribution in [0.3, 0.4) is 0 Å². The first-order valence-corrected chi connectivity index (χ1v) is 12.3. The molecule has 0 spiro atoms. The first-order chi connectivity index (χ1) is 17.4. The number of carbonyl (C=O) groups is 2. The molecule has 0 saturated carbocycles. The molecule has 1 heterocycles. The molecule has 8 nitrogen and oxygen atoms in total. The Balaban J connectivity index is 1.44. The summed E-state index contributed by atoms with van der Waals surface area (Å²) in [5.74, 6) is -0.967. The van der Waals surface area contributed by atoms with Crippen molar-refractivity contribution in [3.05, 3.63) is 102 Å². The molecule has 0 aliphatic carbocycles. The Labute approximate surface area is 207 Å². The number of anilines is 1. The summed E-state index contributed by atoms with van der Waals surface area (Å²) >= 11 is 0. The van der Waals surface area contributed by atoms with E-state index in [0.717, 1.165) is 5.39 Å². The molecule has 0 aromatic heterocycles. The minimum atomic E-state index is -4.18. The number of amides is 2. The smallest absolute Gasteiger partial charge is 0.339 e. The van der Waals surface area contributed by atoms with Crippen molar-refractivity contribution in [2.24, 2.45) is 0 Å². The standard InChI is InChI=1S/C27H20N2O6S/c1-34-24-17-18(16-22-26(30)28-29(27(22)31)20-10-3-2-4-11-20)14-15-23(24)35-36(32,33)25-13-7-9-19-8-5-6-12-21(19)25/h2-17H,1H3,(H,28,30)/b22-16+. The molecule has 1 fully saturated rings. The Morgan fingerprint density at radius 2 is 1.56 bits per heavy atom. The number of fused-ring (bicyclic) bond motifs is 1. The van der Waals surface area contributed by atoms with E-state index >= 15 is 0 Å². The van der Waals surface area contributed by atoms with E-state index in [1.165, 1.54) is 42.5 Å². The average Bonchev–Trinajstić information content (AvgIpc) is 3.17. The molecule has 2 amide bonds. The molecule has 180 valence electrons. The second-order valence-corrected chi connectivity index (χ2v) is 9.41. The summed E-state index contributed by atoms with van der Waals surface area (Å²) in [5.41, 5.74) is 3.44. The van der Waals surface area contributed by atoms with Crippen molar-refractivity contribution in [1.29, 1.82) is 0 Å². The Bertz CT molecular complexity index is 1630. The third-order valence-corrected chi connectivity index (χ3v) is 6.92. The van der Waals surface area contributed by atoms with Crippen LogP contribution in [0.15, 0.2) is 101 Å². The maximum absolute atomic E-state index is 13.1. The quantitative estimate of drug-likeness (QED) is 0.243. The van der Waals surface area contributed by atoms with E-state index in [9.17, 15) is 18.0 Å². The maximum Gasteiger partial charge on any atom is 0.339 e. The molecule has 0 unspecified atom stereocenters. The number of ether oxygens (including phenoxy) is 1. The van der Waals surface area contributed by atoms with Crippen LogP contribution in [0, 0.1) is 0 Å². The highest BCUT2D eigenvalue weighted by molar-refractivity contribution is 7.87. The molecule has 9 heteroatoms. The van der Waals surface area contributed by atoms with E-state index in [4.69, 9.17) is 8.92 Å². The van der Waals surface area contributed by atoms with E-state index in [1.54, 1.807) is 48.5 Å². The molecular weight excluding hydrogens is 480 g/mol. The largest absolute Gasteiger partial charge is 0.493 e. The molecule has 1 aliphatic heterocycles. The van der Waals surface area contributed by atoms with Gasteiger partial charge in [-0.2, -0.15) is 8.42 Å². The molecule has 0 radical (unpaired) electrons. The second kappa shape index (κ2) is 9.20. The fourth-order valence-electron chi connectivity index (χ4n) is 3.90. The number of hydrogen-bond donors (Lipinski definition) is 1. The Morgan fingerprint density at radius 3 is 2.33 bits per heavy atom. The van der Waals surface area contributed by atoms with E-state index < -0.39 is 21.9 Å². The number of carbonyl (C=O) groups excluding carboxylic acids is 2. The number of methoxy groups -OCH3 is 1. The zero-order valence-electron chi connectivity index (χ0n) is 19.0. The molecule has 1 aliphatic rings. The van der Waals surface area contributed by atoms with Crippen LogP contribution in [0.1, 0.15) is 5.56 Å². The number of rotatable bonds is 6. The number of nitrogens with one attached hydrogen (secondary N) is 1. The highest BCUT2D eigenvalue weighted by Crippen LogP contribution is 2.33. The van der Waals surface area contributed by atoms with Crippen LogP contribution in [0.4, 0.5) is 5.69 Å². The summed E-state index contributed by atoms with van der Waals surface area (Å²) in [6.07, 6.45) is 1.41. The Hall–Kier alpha value is -4.63. The maximum atomic E-state index is 13.1. The lowest BCUT2D eigenvalue weighted by Gasteiger charge is -2.14. The average molecular weight is 501 g/mol. The van der Waals surface area contributed by atoms with Crippen LogP contribution >= 0.6 is 0 Å². The minimum absolute atomic E-state index is 0.0271. The first-order valence-electron chi connectivity index (χ1n) is 10.9. The molecule has 5 rings (SSSR count). The lowest BCUT2D eigenvalue weighted by atomic mass is 10.1. The van der Waals surface area contributed by atoms with Crippen molar-refractivity contribution in [2.75, 3.05) is 12.1 Å². The summed E-state index contributed by atoms with van der Waals surface area (Å²) in [4.78, 5) is 25.3. The molecule has 1 N–H and O–H groups in total. The van der Waals surface area contributed by atoms with E-state index in [-0.39, 0.29) is 22.0 Å². The summed E-state index contributed by atoms with van der Waals surface area (Å²) in [5, 5.41) is 2.47. The van der Waals surface area contributed by atoms with Crippen LogP contribution < -0.4 is 19.4 Å². The van der Waals surface area contributed by atoms with Crippen LogP contribution in [0.5, 0.6) is 11.5 Å². The molecule has 4 aromatic carbocycles. The summed E-state index contributed by atoms with van der Waals surface area (Å²) in [6, 6.07) is 25.2. The second-order valence-electron chi connectivity index (χ2n) is 7.90. The number of benzene rings is 4. The van der Waals surface area contributed by atoms with E-state index in [0.29, 0.717) is 16.6 Å². The van der Waals surface area contributed by atoms with Crippen LogP contribution in [-0.2, 0) is 19.7 Å². The zero-order chi connectivity index (χ0) is 25.3. The van der Waals surface area contributed by atoms with Crippen molar-refractivity contribution in [1.82, 2.24) is 5.43 Å². The van der Waals surface area contributed by atoms with E-state index in [2.05, 4.69) is 5.43 Å². The molecule has 1 saturated heterocycles. The normalized spacial score (nSPS) is 14.8. The van der Waals surface area contributed by atoms with Gasteiger partial charge >= 0.3 is 10.1 Å². The van der Waals surface area contributed by atoms with Crippen molar-refractivity contribution < 1.29 is 26.9 Å². The lowest BCUT2D eigenvalue weighted by molar-refractivity contribution is -0.117. The molecule has 36 heavy (non-hydrogen) atoms. The zero-order valence-corrected chi connectivity index (χ0v) is 19.9. The van der Waals surface area contributed by atoms with Gasteiger partial charge in [-0.1, -0.05) is 60.7 Å². The van der Waals surface area contributed by atoms with Crippen LogP contribution in [0.2, 0.25) is 0 Å². The van der Waals surface area contributed by atoms with Gasteiger partial charge in [0.25, 0.3) is 11.8 Å². The summed E-state index contributed by atoms with van der Waals surface area (Å²) < 4.78 is 37.0. The monoisotopic (exact) mass is 500 g/mol. The third kappa shape index (κ3) is 4.27. The molecule has 4 aromatic rings.